The van der Waals surface area contributed by atoms with Crippen LogP contribution in [0.15, 0.2) is 36.5 Å². The molecule has 0 bridgehead atoms. The van der Waals surface area contributed by atoms with E-state index in [1.807, 2.05) is 26.2 Å². The average molecular weight is 329 g/mol. The van der Waals surface area contributed by atoms with Crippen molar-refractivity contribution in [3.05, 3.63) is 42.1 Å². The first-order valence-corrected chi connectivity index (χ1v) is 7.84. The molecular weight excluding hydrogens is 306 g/mol. The topological polar surface area (TPSA) is 79.4 Å². The minimum absolute atomic E-state index is 0.321. The molecule has 2 N–H and O–H groups in total. The van der Waals surface area contributed by atoms with Crippen LogP contribution < -0.4 is 10.6 Å². The normalized spacial score (nSPS) is 10.5. The maximum Gasteiger partial charge on any atom is 0.338 e. The lowest BCUT2D eigenvalue weighted by Crippen LogP contribution is -2.21. The van der Waals surface area contributed by atoms with Gasteiger partial charge in [0.05, 0.1) is 12.2 Å². The number of ether oxygens (including phenoxy) is 1. The number of nitrogens with one attached hydrogen (secondary N) is 2. The molecule has 2 aromatic rings. The smallest absolute Gasteiger partial charge is 0.338 e. The predicted molar refractivity (Wildman–Crippen MR) is 94.8 cm³/mol. The Balaban J connectivity index is 1.96. The third kappa shape index (κ3) is 5.51. The molecular formula is C17H23N5O2. The summed E-state index contributed by atoms with van der Waals surface area (Å²) in [6.07, 6.45) is 1.69. The fraction of sp³-hybridized carbons (Fsp3) is 0.353. The quantitative estimate of drug-likeness (QED) is 0.720. The van der Waals surface area contributed by atoms with Crippen LogP contribution in [0.1, 0.15) is 17.3 Å². The van der Waals surface area contributed by atoms with Crippen LogP contribution in [0.2, 0.25) is 0 Å². The van der Waals surface area contributed by atoms with Gasteiger partial charge in [0.2, 0.25) is 5.95 Å². The third-order valence-electron chi connectivity index (χ3n) is 3.17. The summed E-state index contributed by atoms with van der Waals surface area (Å²) in [7, 11) is 4.03. The van der Waals surface area contributed by atoms with E-state index in [1.54, 1.807) is 31.3 Å². The van der Waals surface area contributed by atoms with Gasteiger partial charge in [-0.15, -0.1) is 0 Å². The molecule has 0 amide bonds. The van der Waals surface area contributed by atoms with Gasteiger partial charge in [-0.3, -0.25) is 0 Å². The average Bonchev–Trinajstić information content (AvgIpc) is 2.56. The third-order valence-corrected chi connectivity index (χ3v) is 3.17. The van der Waals surface area contributed by atoms with Crippen LogP contribution in [0, 0.1) is 0 Å². The summed E-state index contributed by atoms with van der Waals surface area (Å²) in [6, 6.07) is 8.85. The number of benzene rings is 1. The largest absolute Gasteiger partial charge is 0.462 e. The minimum atomic E-state index is -0.321. The highest BCUT2D eigenvalue weighted by molar-refractivity contribution is 5.89. The molecule has 128 valence electrons. The second-order valence-electron chi connectivity index (χ2n) is 5.42. The number of hydrogen-bond acceptors (Lipinski definition) is 7. The SMILES string of the molecule is CCOC(=O)c1ccc(Nc2ccnc(NCCN(C)C)n2)cc1. The maximum absolute atomic E-state index is 11.6. The lowest BCUT2D eigenvalue weighted by molar-refractivity contribution is 0.0526. The summed E-state index contributed by atoms with van der Waals surface area (Å²) in [6.45, 7) is 3.82. The second kappa shape index (κ2) is 8.83. The fourth-order valence-electron chi connectivity index (χ4n) is 1.96. The predicted octanol–water partition coefficient (Wildman–Crippen LogP) is 2.37. The van der Waals surface area contributed by atoms with Gasteiger partial charge in [-0.05, 0) is 51.4 Å². The number of anilines is 3. The molecule has 0 aliphatic rings. The molecule has 0 spiro atoms. The van der Waals surface area contributed by atoms with E-state index in [2.05, 4.69) is 25.5 Å². The van der Waals surface area contributed by atoms with Crippen LogP contribution in [0.25, 0.3) is 0 Å². The molecule has 0 aliphatic carbocycles. The van der Waals surface area contributed by atoms with Gasteiger partial charge in [0.25, 0.3) is 0 Å². The Morgan fingerprint density at radius 3 is 2.62 bits per heavy atom. The fourth-order valence-corrected chi connectivity index (χ4v) is 1.96. The van der Waals surface area contributed by atoms with Gasteiger partial charge >= 0.3 is 5.97 Å². The second-order valence-corrected chi connectivity index (χ2v) is 5.42. The van der Waals surface area contributed by atoms with Crippen LogP contribution in [0.3, 0.4) is 0 Å². The van der Waals surface area contributed by atoms with E-state index in [-0.39, 0.29) is 5.97 Å². The molecule has 0 saturated heterocycles. The number of carbonyl (C=O) groups excluding carboxylic acids is 1. The van der Waals surface area contributed by atoms with Crippen LogP contribution >= 0.6 is 0 Å². The van der Waals surface area contributed by atoms with E-state index >= 15 is 0 Å². The highest BCUT2D eigenvalue weighted by atomic mass is 16.5. The summed E-state index contributed by atoms with van der Waals surface area (Å²) in [4.78, 5) is 22.3. The van der Waals surface area contributed by atoms with Crippen molar-refractivity contribution < 1.29 is 9.53 Å². The first-order chi connectivity index (χ1) is 11.6. The van der Waals surface area contributed by atoms with Crippen molar-refractivity contribution in [1.82, 2.24) is 14.9 Å². The number of carbonyl (C=O) groups is 1. The van der Waals surface area contributed by atoms with Crippen molar-refractivity contribution in [3.63, 3.8) is 0 Å². The number of hydrogen-bond donors (Lipinski definition) is 2. The van der Waals surface area contributed by atoms with Crippen molar-refractivity contribution in [3.8, 4) is 0 Å². The summed E-state index contributed by atoms with van der Waals surface area (Å²) in [5, 5.41) is 6.36. The Morgan fingerprint density at radius 1 is 1.21 bits per heavy atom. The highest BCUT2D eigenvalue weighted by Crippen LogP contribution is 2.16. The standard InChI is InChI=1S/C17H23N5O2/c1-4-24-16(23)13-5-7-14(8-6-13)20-15-9-10-18-17(21-15)19-11-12-22(2)3/h5-10H,4,11-12H2,1-3H3,(H2,18,19,20,21). The van der Waals surface area contributed by atoms with Gasteiger partial charge in [-0.2, -0.15) is 4.98 Å². The monoisotopic (exact) mass is 329 g/mol. The zero-order chi connectivity index (χ0) is 17.4. The molecule has 2 rings (SSSR count). The van der Waals surface area contributed by atoms with Gasteiger partial charge in [-0.1, -0.05) is 0 Å². The minimum Gasteiger partial charge on any atom is -0.462 e. The molecule has 0 fully saturated rings. The zero-order valence-electron chi connectivity index (χ0n) is 14.2. The van der Waals surface area contributed by atoms with Crippen molar-refractivity contribution in [2.24, 2.45) is 0 Å². The van der Waals surface area contributed by atoms with E-state index in [0.717, 1.165) is 18.8 Å². The number of nitrogens with zero attached hydrogens (tertiary/aromatic N) is 3. The van der Waals surface area contributed by atoms with E-state index < -0.39 is 0 Å². The molecule has 0 unspecified atom stereocenters. The Bertz CT molecular complexity index is 658. The zero-order valence-corrected chi connectivity index (χ0v) is 14.2. The lowest BCUT2D eigenvalue weighted by atomic mass is 10.2. The molecule has 0 aliphatic heterocycles. The number of likely N-dealkylation sites (N-methyl/N-ethyl adjacent to an activating group) is 1. The van der Waals surface area contributed by atoms with Crippen LogP contribution in [0.5, 0.6) is 0 Å². The molecule has 7 heteroatoms. The van der Waals surface area contributed by atoms with Gasteiger partial charge in [-0.25, -0.2) is 9.78 Å². The van der Waals surface area contributed by atoms with E-state index in [1.165, 1.54) is 0 Å². The Morgan fingerprint density at radius 2 is 1.96 bits per heavy atom. The molecule has 7 nitrogen and oxygen atoms in total. The Hall–Kier alpha value is -2.67. The summed E-state index contributed by atoms with van der Waals surface area (Å²) in [5.74, 6) is 0.935. The van der Waals surface area contributed by atoms with Gasteiger partial charge in [0.1, 0.15) is 5.82 Å². The van der Waals surface area contributed by atoms with E-state index in [0.29, 0.717) is 23.9 Å². The molecule has 0 radical (unpaired) electrons. The summed E-state index contributed by atoms with van der Waals surface area (Å²) < 4.78 is 4.96. The van der Waals surface area contributed by atoms with Crippen molar-refractivity contribution in [2.45, 2.75) is 6.92 Å². The molecule has 1 heterocycles. The summed E-state index contributed by atoms with van der Waals surface area (Å²) >= 11 is 0. The molecule has 1 aromatic carbocycles. The van der Waals surface area contributed by atoms with Crippen LogP contribution in [0.4, 0.5) is 17.5 Å². The molecule has 0 atom stereocenters. The van der Waals surface area contributed by atoms with Gasteiger partial charge in [0.15, 0.2) is 0 Å². The Kier molecular flexibility index (Phi) is 6.51. The van der Waals surface area contributed by atoms with Gasteiger partial charge in [0, 0.05) is 25.0 Å². The first kappa shape index (κ1) is 17.7. The van der Waals surface area contributed by atoms with E-state index in [9.17, 15) is 4.79 Å². The number of esters is 1. The summed E-state index contributed by atoms with van der Waals surface area (Å²) in [5.41, 5.74) is 1.36. The van der Waals surface area contributed by atoms with Crippen LogP contribution in [-0.4, -0.2) is 54.6 Å². The van der Waals surface area contributed by atoms with Crippen LogP contribution in [-0.2, 0) is 4.74 Å². The maximum atomic E-state index is 11.6. The van der Waals surface area contributed by atoms with Crippen molar-refractivity contribution in [1.29, 1.82) is 0 Å². The lowest BCUT2D eigenvalue weighted by Gasteiger charge is -2.11. The van der Waals surface area contributed by atoms with Crippen molar-refractivity contribution in [2.75, 3.05) is 44.4 Å². The first-order valence-electron chi connectivity index (χ1n) is 7.84. The molecule has 24 heavy (non-hydrogen) atoms. The number of aromatic nitrogens is 2. The number of rotatable bonds is 8. The Labute approximate surface area is 142 Å². The van der Waals surface area contributed by atoms with Crippen molar-refractivity contribution >= 4 is 23.4 Å². The van der Waals surface area contributed by atoms with Gasteiger partial charge < -0.3 is 20.3 Å². The molecule has 0 saturated carbocycles. The highest BCUT2D eigenvalue weighted by Gasteiger charge is 2.06. The molecule has 1 aromatic heterocycles. The van der Waals surface area contributed by atoms with E-state index in [4.69, 9.17) is 4.74 Å².